The number of carbonyl (C=O) groups is 3. The zero-order valence-electron chi connectivity index (χ0n) is 33.0. The van der Waals surface area contributed by atoms with Crippen LogP contribution in [0.3, 0.4) is 0 Å². The van der Waals surface area contributed by atoms with Gasteiger partial charge in [0.15, 0.2) is 12.6 Å². The predicted molar refractivity (Wildman–Crippen MR) is 216 cm³/mol. The molecule has 0 radical (unpaired) electrons. The molecule has 3 aromatic carbocycles. The highest BCUT2D eigenvalue weighted by atomic mass is 16.5. The normalized spacial score (nSPS) is 16.2. The van der Waals surface area contributed by atoms with Crippen LogP contribution in [0.25, 0.3) is 0 Å². The lowest BCUT2D eigenvalue weighted by molar-refractivity contribution is 0.0349. The molecule has 2 aliphatic rings. The van der Waals surface area contributed by atoms with Crippen LogP contribution in [0.15, 0.2) is 82.8 Å². The van der Waals surface area contributed by atoms with E-state index in [4.69, 9.17) is 34.2 Å². The molecule has 0 bridgehead atoms. The molecule has 2 aliphatic heterocycles. The Labute approximate surface area is 332 Å². The molecule has 1 aromatic heterocycles. The minimum Gasteiger partial charge on any atom is -0.462 e. The number of aromatic nitrogens is 3. The quantitative estimate of drug-likeness (QED) is 0.0628. The highest BCUT2D eigenvalue weighted by Gasteiger charge is 2.40. The molecule has 3 heterocycles. The third-order valence-electron chi connectivity index (χ3n) is 9.33. The number of hydrogen-bond donors (Lipinski definition) is 3. The average molecular weight is 779 g/mol. The number of esters is 3. The van der Waals surface area contributed by atoms with Crippen LogP contribution < -0.4 is 21.6 Å². The number of rotatable bonds is 16. The first-order valence-corrected chi connectivity index (χ1v) is 19.4. The molecule has 16 nitrogen and oxygen atoms in total. The van der Waals surface area contributed by atoms with Crippen molar-refractivity contribution in [1.29, 1.82) is 0 Å². The summed E-state index contributed by atoms with van der Waals surface area (Å²) in [6.07, 6.45) is 4.27. The van der Waals surface area contributed by atoms with Crippen molar-refractivity contribution in [2.75, 3.05) is 49.9 Å². The number of guanidine groups is 1. The predicted octanol–water partition coefficient (Wildman–Crippen LogP) is 6.64. The van der Waals surface area contributed by atoms with Gasteiger partial charge in [-0.3, -0.25) is 0 Å². The van der Waals surface area contributed by atoms with Crippen LogP contribution in [0.5, 0.6) is 0 Å². The average Bonchev–Trinajstić information content (AvgIpc) is 3.21. The van der Waals surface area contributed by atoms with E-state index in [2.05, 4.69) is 16.0 Å². The summed E-state index contributed by atoms with van der Waals surface area (Å²) in [5, 5.41) is 10.3. The molecule has 6 rings (SSSR count). The van der Waals surface area contributed by atoms with E-state index in [-0.39, 0.29) is 23.5 Å². The third-order valence-corrected chi connectivity index (χ3v) is 9.33. The molecule has 2 unspecified atom stereocenters. The molecule has 0 saturated heterocycles. The first-order valence-electron chi connectivity index (χ1n) is 19.4. The zero-order chi connectivity index (χ0) is 40.3. The fourth-order valence-electron chi connectivity index (χ4n) is 6.02. The van der Waals surface area contributed by atoms with Crippen LogP contribution >= 0.6 is 0 Å². The van der Waals surface area contributed by atoms with E-state index in [9.17, 15) is 14.4 Å². The Hall–Kier alpha value is -6.29. The molecule has 0 spiro atoms. The molecule has 300 valence electrons. The summed E-state index contributed by atoms with van der Waals surface area (Å²) in [5.74, 6) is 0.150. The van der Waals surface area contributed by atoms with Gasteiger partial charge in [-0.1, -0.05) is 40.0 Å². The summed E-state index contributed by atoms with van der Waals surface area (Å²) in [6, 6.07) is 20.9. The number of nitrogens with one attached hydrogen (secondary N) is 3. The van der Waals surface area contributed by atoms with E-state index >= 15 is 0 Å². The topological polar surface area (TPSA) is 177 Å². The van der Waals surface area contributed by atoms with Gasteiger partial charge in [-0.2, -0.15) is 15.0 Å². The van der Waals surface area contributed by atoms with Gasteiger partial charge in [-0.15, -0.1) is 0 Å². The van der Waals surface area contributed by atoms with Gasteiger partial charge in [-0.25, -0.2) is 28.8 Å². The maximum atomic E-state index is 12.5. The van der Waals surface area contributed by atoms with Crippen LogP contribution in [0, 0.1) is 0 Å². The monoisotopic (exact) mass is 778 g/mol. The lowest BCUT2D eigenvalue weighted by Gasteiger charge is -2.48. The van der Waals surface area contributed by atoms with Gasteiger partial charge >= 0.3 is 17.9 Å². The van der Waals surface area contributed by atoms with Crippen molar-refractivity contribution in [3.05, 3.63) is 95.1 Å². The van der Waals surface area contributed by atoms with Gasteiger partial charge in [0, 0.05) is 18.4 Å². The lowest BCUT2D eigenvalue weighted by atomic mass is 10.2. The Morgan fingerprint density at radius 2 is 1.19 bits per heavy atom. The Morgan fingerprint density at radius 1 is 0.702 bits per heavy atom. The number of benzene rings is 3. The van der Waals surface area contributed by atoms with Crippen molar-refractivity contribution < 1.29 is 28.6 Å². The van der Waals surface area contributed by atoms with Gasteiger partial charge in [-0.05, 0) is 99.1 Å². The molecule has 0 saturated carbocycles. The number of hydrogen-bond acceptors (Lipinski definition) is 15. The van der Waals surface area contributed by atoms with Gasteiger partial charge in [0.05, 0.1) is 42.2 Å². The molecule has 0 amide bonds. The third kappa shape index (κ3) is 9.94. The van der Waals surface area contributed by atoms with Crippen molar-refractivity contribution >= 4 is 52.8 Å². The van der Waals surface area contributed by atoms with Crippen LogP contribution in [0.2, 0.25) is 0 Å². The molecule has 57 heavy (non-hydrogen) atoms. The highest BCUT2D eigenvalue weighted by molar-refractivity contribution is 5.96. The largest absolute Gasteiger partial charge is 0.462 e. The number of anilines is 3. The molecule has 2 atom stereocenters. The second-order valence-corrected chi connectivity index (χ2v) is 13.7. The molecule has 3 N–H and O–H groups in total. The molecular formula is C41H50N10O6. The van der Waals surface area contributed by atoms with E-state index < -0.39 is 12.6 Å². The van der Waals surface area contributed by atoms with Crippen molar-refractivity contribution in [3.63, 3.8) is 0 Å². The number of aliphatic imine (C=N–C) groups is 1. The van der Waals surface area contributed by atoms with Crippen molar-refractivity contribution in [2.45, 2.75) is 71.9 Å². The number of nitrogens with zero attached hydrogens (tertiary/aromatic N) is 7. The van der Waals surface area contributed by atoms with Crippen LogP contribution in [-0.2, 0) is 14.2 Å². The van der Waals surface area contributed by atoms with Gasteiger partial charge in [0.2, 0.25) is 17.9 Å². The molecule has 0 fully saturated rings. The maximum absolute atomic E-state index is 12.5. The van der Waals surface area contributed by atoms with Gasteiger partial charge in [0.25, 0.3) is 5.62 Å². The molecule has 0 aliphatic carbocycles. The summed E-state index contributed by atoms with van der Waals surface area (Å²) in [4.78, 5) is 60.7. The smallest absolute Gasteiger partial charge is 0.338 e. The minimum atomic E-state index is -0.495. The summed E-state index contributed by atoms with van der Waals surface area (Å²) < 4.78 is 18.0. The zero-order valence-corrected chi connectivity index (χ0v) is 33.0. The standard InChI is InChI=1S/C41H50N10O6/c1-6-9-24-55-33(52)27-12-18-30(19-13-27)42-36-45-39-47-37(43-31-20-14-28(15-21-31)34(53)56-25-10-7-2)49(4)41-50(5)38(48-40(46-36)51(39)41)44-32-22-16-29(17-23-32)35(54)57-26-11-8-3/h12-23,37,41,43H,6-11,24-26H2,1-5H3,(H2,42,44,45,46,47,48). The van der Waals surface area contributed by atoms with Crippen molar-refractivity contribution in [1.82, 2.24) is 24.3 Å². The number of ether oxygens (including phenoxy) is 3. The van der Waals surface area contributed by atoms with E-state index in [0.717, 1.165) is 44.2 Å². The van der Waals surface area contributed by atoms with E-state index in [1.807, 2.05) is 61.4 Å². The first-order chi connectivity index (χ1) is 27.7. The number of carbonyl (C=O) groups excluding carboxylic acids is 3. The van der Waals surface area contributed by atoms with E-state index in [1.54, 1.807) is 60.7 Å². The van der Waals surface area contributed by atoms with Crippen molar-refractivity contribution in [3.8, 4) is 0 Å². The fraction of sp³-hybridized carbons (Fsp3) is 0.390. The Morgan fingerprint density at radius 3 is 1.70 bits per heavy atom. The SMILES string of the molecule is CCCCOC(=O)c1ccc(N=c2nc3n4c(n2)NC(Nc2ccc(C(=O)OCCCC)cc2)N(C)C4N(C)C(Nc2ccc(C(=O)OCCCC)cc2)=N3)cc1. The van der Waals surface area contributed by atoms with Crippen LogP contribution in [0.4, 0.5) is 29.0 Å². The van der Waals surface area contributed by atoms with Crippen LogP contribution in [0.1, 0.15) is 96.7 Å². The summed E-state index contributed by atoms with van der Waals surface area (Å²) >= 11 is 0. The van der Waals surface area contributed by atoms with Gasteiger partial charge < -0.3 is 35.1 Å². The summed E-state index contributed by atoms with van der Waals surface area (Å²) in [5.41, 5.74) is 3.48. The van der Waals surface area contributed by atoms with E-state index in [1.165, 1.54) is 0 Å². The molecule has 16 heteroatoms. The Bertz CT molecular complexity index is 2120. The lowest BCUT2D eigenvalue weighted by Crippen LogP contribution is -2.59. The van der Waals surface area contributed by atoms with Gasteiger partial charge in [0.1, 0.15) is 0 Å². The maximum Gasteiger partial charge on any atom is 0.338 e. The molecular weight excluding hydrogens is 729 g/mol. The second kappa shape index (κ2) is 19.0. The first kappa shape index (κ1) is 40.4. The van der Waals surface area contributed by atoms with Crippen molar-refractivity contribution in [2.24, 2.45) is 9.98 Å². The van der Waals surface area contributed by atoms with E-state index in [0.29, 0.717) is 65.7 Å². The molecule has 4 aromatic rings. The summed E-state index contributed by atoms with van der Waals surface area (Å²) in [7, 11) is 3.85. The minimum absolute atomic E-state index is 0.147. The second-order valence-electron chi connectivity index (χ2n) is 13.7. The summed E-state index contributed by atoms with van der Waals surface area (Å²) in [6.45, 7) is 7.25. The Kier molecular flexibility index (Phi) is 13.5. The van der Waals surface area contributed by atoms with Crippen LogP contribution in [-0.4, -0.2) is 88.4 Å². The number of unbranched alkanes of at least 4 members (excludes halogenated alkanes) is 3. The highest BCUT2D eigenvalue weighted by Crippen LogP contribution is 2.35. The fourth-order valence-corrected chi connectivity index (χ4v) is 6.02. The Balaban J connectivity index is 1.29.